The summed E-state index contributed by atoms with van der Waals surface area (Å²) in [6.07, 6.45) is 10.5. The van der Waals surface area contributed by atoms with Gasteiger partial charge in [-0.15, -0.1) is 11.3 Å². The zero-order valence-electron chi connectivity index (χ0n) is 105. The SMILES string of the molecule is CC(C)(C)CCC(=O)Cc1ccc(C(C)(C)C)cc1.CC(C)(C)CCC(=O)N1CCc2cc(C(C)(C)C)ccc21.CC(C)(C)CN1CCc2cc(C(C)(C)C)ccc21.CC(C)(C)CNC(=O)c1ccc(C(C)(C)C)s1.CC(C)(C)COc1ccc(C(C)(C)C(C)(C)C)cc1.CC(C)(C)Cn1cc(C(C)(C)C)c2ccccc21.CC(C)(C)Cn1ccc2cc(C(C)(C)C)ccc21.Cc1c(C(C)(C)C)c2ccccc2n1CC(C)(C)C. The first-order chi connectivity index (χ1) is 67.3. The van der Waals surface area contributed by atoms with E-state index < -0.39 is 0 Å². The quantitative estimate of drug-likeness (QED) is 0.110. The van der Waals surface area contributed by atoms with Gasteiger partial charge in [-0.1, -0.05) is 449 Å². The molecule has 0 unspecified atom stereocenters. The molecule has 4 aromatic heterocycles. The number of amides is 2. The van der Waals surface area contributed by atoms with Crippen molar-refractivity contribution < 1.29 is 19.1 Å². The lowest BCUT2D eigenvalue weighted by Crippen LogP contribution is -2.33. The van der Waals surface area contributed by atoms with Crippen molar-refractivity contribution in [2.75, 3.05) is 42.6 Å². The zero-order chi connectivity index (χ0) is 114. The predicted octanol–water partition coefficient (Wildman–Crippen LogP) is 38.5. The van der Waals surface area contributed by atoms with E-state index in [-0.39, 0.29) is 82.2 Å². The second kappa shape index (κ2) is 49.7. The van der Waals surface area contributed by atoms with E-state index in [2.05, 4.69) is 553 Å². The fraction of sp³-hybridized carbons (Fsp3) is 0.601. The van der Waals surface area contributed by atoms with Crippen molar-refractivity contribution in [3.05, 3.63) is 253 Å². The topological polar surface area (TPSA) is 93.7 Å². The summed E-state index contributed by atoms with van der Waals surface area (Å²) in [5.74, 6) is 1.62. The first-order valence-electron chi connectivity index (χ1n) is 56.1. The predicted molar refractivity (Wildman–Crippen MR) is 657 cm³/mol. The van der Waals surface area contributed by atoms with E-state index in [4.69, 9.17) is 4.74 Å². The summed E-state index contributed by atoms with van der Waals surface area (Å²) in [4.78, 5) is 42.9. The van der Waals surface area contributed by atoms with Gasteiger partial charge in [0.25, 0.3) is 5.91 Å². The van der Waals surface area contributed by atoms with Crippen molar-refractivity contribution in [2.45, 2.75) is 461 Å². The van der Waals surface area contributed by atoms with Crippen molar-refractivity contribution in [2.24, 2.45) is 48.7 Å². The minimum atomic E-state index is 0.0421. The number of carbonyl (C=O) groups is 3. The molecule has 0 bridgehead atoms. The van der Waals surface area contributed by atoms with Crippen LogP contribution < -0.4 is 19.9 Å². The Balaban J connectivity index is 0.000000260. The summed E-state index contributed by atoms with van der Waals surface area (Å²) >= 11 is 1.59. The molecule has 7 aromatic carbocycles. The van der Waals surface area contributed by atoms with Crippen LogP contribution >= 0.6 is 11.3 Å². The fourth-order valence-corrected chi connectivity index (χ4v) is 19.2. The van der Waals surface area contributed by atoms with Crippen molar-refractivity contribution in [3.63, 3.8) is 0 Å². The number of fused-ring (bicyclic) bond motifs is 5. The van der Waals surface area contributed by atoms with E-state index in [0.717, 1.165) is 80.5 Å². The van der Waals surface area contributed by atoms with Crippen molar-refractivity contribution >= 4 is 73.0 Å². The van der Waals surface area contributed by atoms with Gasteiger partial charge in [0.15, 0.2) is 0 Å². The molecule has 0 saturated carbocycles. The Morgan fingerprint density at radius 1 is 0.369 bits per heavy atom. The van der Waals surface area contributed by atoms with Crippen LogP contribution in [0.25, 0.3) is 32.7 Å². The number of anilines is 2. The van der Waals surface area contributed by atoms with Crippen LogP contribution in [-0.2, 0) is 91.8 Å². The molecular weight excluding hydrogens is 1840 g/mol. The van der Waals surface area contributed by atoms with Gasteiger partial charge in [-0.05, 0) is 252 Å². The van der Waals surface area contributed by atoms with Gasteiger partial charge >= 0.3 is 0 Å². The average molecular weight is 2050 g/mol. The van der Waals surface area contributed by atoms with E-state index in [1.807, 2.05) is 11.0 Å². The summed E-state index contributed by atoms with van der Waals surface area (Å²) in [6, 6.07) is 61.3. The van der Waals surface area contributed by atoms with E-state index >= 15 is 0 Å². The largest absolute Gasteiger partial charge is 0.493 e. The minimum Gasteiger partial charge on any atom is -0.493 e. The molecule has 2 amide bonds. The Morgan fingerprint density at radius 2 is 0.819 bits per heavy atom. The lowest BCUT2D eigenvalue weighted by Gasteiger charge is -2.39. The number of benzene rings is 7. The highest BCUT2D eigenvalue weighted by Crippen LogP contribution is 2.45. The Kier molecular flexibility index (Phi) is 42.9. The molecule has 0 fully saturated rings. The Labute approximate surface area is 916 Å². The zero-order valence-corrected chi connectivity index (χ0v) is 106. The van der Waals surface area contributed by atoms with Crippen LogP contribution in [0.2, 0.25) is 0 Å². The van der Waals surface area contributed by atoms with E-state index in [1.165, 1.54) is 112 Å². The van der Waals surface area contributed by atoms with Gasteiger partial charge in [-0.3, -0.25) is 14.4 Å². The maximum atomic E-state index is 12.5. The first-order valence-corrected chi connectivity index (χ1v) is 56.9. The molecule has 6 heterocycles. The third-order valence-corrected chi connectivity index (χ3v) is 29.3. The molecule has 0 spiro atoms. The fourth-order valence-electron chi connectivity index (χ4n) is 18.2. The average Bonchev–Trinajstić information content (AvgIpc) is 1.64. The number of Topliss-reactive ketones (excluding diaryl/α,β-unsaturated/α-hetero) is 1. The van der Waals surface area contributed by atoms with Crippen molar-refractivity contribution in [1.29, 1.82) is 0 Å². The number of rotatable bonds is 15. The molecule has 1 N–H and O–H groups in total. The highest BCUT2D eigenvalue weighted by molar-refractivity contribution is 7.14. The van der Waals surface area contributed by atoms with Crippen LogP contribution in [0.3, 0.4) is 0 Å². The number of carbonyl (C=O) groups excluding carboxylic acids is 3. The smallest absolute Gasteiger partial charge is 0.261 e. The normalized spacial score (nSPS) is 13.7. The number of para-hydroxylation sites is 2. The molecule has 0 aliphatic carbocycles. The summed E-state index contributed by atoms with van der Waals surface area (Å²) in [6.45, 7) is 122. The molecule has 0 saturated heterocycles. The molecule has 2 aliphatic heterocycles. The second-order valence-corrected chi connectivity index (χ2v) is 62.9. The molecule has 0 radical (unpaired) electrons. The lowest BCUT2D eigenvalue weighted by atomic mass is 9.65. The summed E-state index contributed by atoms with van der Waals surface area (Å²) < 4.78 is 13.1. The van der Waals surface area contributed by atoms with Crippen LogP contribution in [0, 0.1) is 55.7 Å². The lowest BCUT2D eigenvalue weighted by molar-refractivity contribution is -0.119. The highest BCUT2D eigenvalue weighted by Gasteiger charge is 2.36. The number of ketones is 1. The van der Waals surface area contributed by atoms with Crippen LogP contribution in [0.4, 0.5) is 11.4 Å². The maximum Gasteiger partial charge on any atom is 0.261 e. The highest BCUT2D eigenvalue weighted by atomic mass is 32.1. The van der Waals surface area contributed by atoms with Gasteiger partial charge in [0.05, 0.1) is 11.5 Å². The molecule has 149 heavy (non-hydrogen) atoms. The molecule has 11 heteroatoms. The number of hydrogen-bond acceptors (Lipinski definition) is 6. The Morgan fingerprint density at radius 3 is 1.28 bits per heavy atom. The van der Waals surface area contributed by atoms with Crippen LogP contribution in [-0.4, -0.2) is 64.1 Å². The second-order valence-electron chi connectivity index (χ2n) is 61.8. The minimum absolute atomic E-state index is 0.0421. The molecule has 826 valence electrons. The van der Waals surface area contributed by atoms with E-state index in [9.17, 15) is 14.4 Å². The van der Waals surface area contributed by atoms with Gasteiger partial charge in [0.2, 0.25) is 5.91 Å². The number of thiophene rings is 1. The van der Waals surface area contributed by atoms with Gasteiger partial charge in [-0.25, -0.2) is 0 Å². The Bertz CT molecular complexity index is 6100. The van der Waals surface area contributed by atoms with Crippen LogP contribution in [0.1, 0.15) is 448 Å². The number of nitrogens with zero attached hydrogens (tertiary/aromatic N) is 5. The van der Waals surface area contributed by atoms with Gasteiger partial charge < -0.3 is 33.6 Å². The molecular formula is C138H214N6O4S. The third kappa shape index (κ3) is 42.1. The van der Waals surface area contributed by atoms with Crippen molar-refractivity contribution in [1.82, 2.24) is 19.0 Å². The molecule has 2 aliphatic rings. The number of ether oxygens (including phenoxy) is 1. The van der Waals surface area contributed by atoms with E-state index in [0.29, 0.717) is 53.3 Å². The van der Waals surface area contributed by atoms with Gasteiger partial charge in [-0.2, -0.15) is 0 Å². The Hall–Kier alpha value is -8.93. The number of aromatic nitrogens is 3. The molecule has 11 aromatic rings. The van der Waals surface area contributed by atoms with E-state index in [1.54, 1.807) is 11.3 Å². The number of nitrogens with one attached hydrogen (secondary N) is 1. The summed E-state index contributed by atoms with van der Waals surface area (Å²) in [5.41, 5.74) is 25.7. The maximum absolute atomic E-state index is 12.5. The molecule has 13 rings (SSSR count). The standard InChI is InChI=1S/C19H29NO.C18H27N.C18H30O.C18H28O.C17H27N.2C17H25N.C14H23NOS/c1-18(2,3)11-9-17(21)20-12-10-14-13-15(19(4,5)6)7-8-16(14)20;1-13-16(18(5,6)7)14-10-8-9-11-15(14)19(13)12-17(2,3)4;1-16(2,3)13-19-15-11-9-14(10-12-15)18(7,8)17(4,5)6;1-17(2,3)12-11-16(19)13-14-7-9-15(10-8-14)18(4,5)6;2*1-16(2,3)12-18-10-9-13-11-14(17(4,5)6)7-8-15(13)18;1-16(2,3)12-18-11-14(17(4,5)6)13-9-7-8-10-15(13)18;1-13(2,3)9-15-12(16)10-7-8-11(17-10)14(4,5)6/h7-8,13H,9-12H2,1-6H3;8-11H,12H2,1-7H3;9-12H,13H2,1-8H3;7-10H,11-13H2,1-6H3;7-8,11H,9-10,12H2,1-6H3;2*7-11H,12H2,1-6H3;7-8H,9H2,1-6H3,(H,15,16). The summed E-state index contributed by atoms with van der Waals surface area (Å²) in [7, 11) is 0. The third-order valence-electron chi connectivity index (χ3n) is 27.8. The first kappa shape index (κ1) is 129. The monoisotopic (exact) mass is 2050 g/mol. The van der Waals surface area contributed by atoms with Crippen LogP contribution in [0.15, 0.2) is 182 Å². The van der Waals surface area contributed by atoms with Crippen molar-refractivity contribution in [3.8, 4) is 5.75 Å². The summed E-state index contributed by atoms with van der Waals surface area (Å²) in [5, 5.41) is 7.14. The number of hydrogen-bond donors (Lipinski definition) is 1. The molecule has 10 nitrogen and oxygen atoms in total. The van der Waals surface area contributed by atoms with Crippen LogP contribution in [0.5, 0.6) is 5.75 Å². The van der Waals surface area contributed by atoms with Gasteiger partial charge in [0.1, 0.15) is 11.5 Å². The molecule has 0 atom stereocenters. The van der Waals surface area contributed by atoms with Gasteiger partial charge in [0, 0.05) is 127 Å².